The molecule has 0 unspecified atom stereocenters. The average Bonchev–Trinajstić information content (AvgIpc) is 2.82. The van der Waals surface area contributed by atoms with Crippen molar-refractivity contribution >= 4 is 29.1 Å². The molecule has 32 heavy (non-hydrogen) atoms. The Morgan fingerprint density at radius 2 is 1.25 bits per heavy atom. The highest BCUT2D eigenvalue weighted by Gasteiger charge is 2.14. The van der Waals surface area contributed by atoms with E-state index >= 15 is 0 Å². The minimum atomic E-state index is -0.334. The van der Waals surface area contributed by atoms with E-state index in [0.29, 0.717) is 35.6 Å². The molecule has 3 aromatic rings. The molecule has 0 aliphatic carbocycles. The average molecular weight is 431 g/mol. The van der Waals surface area contributed by atoms with Crippen LogP contribution in [0.1, 0.15) is 33.2 Å². The maximum absolute atomic E-state index is 12.7. The Kier molecular flexibility index (Phi) is 7.97. The second-order valence-corrected chi connectivity index (χ2v) is 7.02. The van der Waals surface area contributed by atoms with Gasteiger partial charge in [-0.2, -0.15) is 0 Å². The van der Waals surface area contributed by atoms with Crippen LogP contribution in [0, 0.1) is 0 Å². The standard InChI is InChI=1S/C25H26N4O3/c1-2-26-24(31)19-12-6-8-14-21(19)27-17-23(30)29-22-15-9-7-13-20(22)25(32)28-16-18-10-4-3-5-11-18/h3-15,27H,2,16-17H2,1H3,(H,26,31)(H,28,32)(H,29,30). The highest BCUT2D eigenvalue weighted by molar-refractivity contribution is 6.05. The van der Waals surface area contributed by atoms with Gasteiger partial charge >= 0.3 is 0 Å². The molecule has 0 aliphatic rings. The first-order valence-electron chi connectivity index (χ1n) is 10.4. The van der Waals surface area contributed by atoms with E-state index in [1.165, 1.54) is 0 Å². The fourth-order valence-electron chi connectivity index (χ4n) is 3.12. The third-order valence-corrected chi connectivity index (χ3v) is 4.69. The number of hydrogen-bond donors (Lipinski definition) is 4. The quantitative estimate of drug-likeness (QED) is 0.418. The van der Waals surface area contributed by atoms with Crippen molar-refractivity contribution in [2.24, 2.45) is 0 Å². The Hall–Kier alpha value is -4.13. The summed E-state index contributed by atoms with van der Waals surface area (Å²) in [6.45, 7) is 2.68. The summed E-state index contributed by atoms with van der Waals surface area (Å²) < 4.78 is 0. The molecule has 3 rings (SSSR count). The fourth-order valence-corrected chi connectivity index (χ4v) is 3.12. The molecule has 0 atom stereocenters. The van der Waals surface area contributed by atoms with E-state index in [-0.39, 0.29) is 24.3 Å². The van der Waals surface area contributed by atoms with Gasteiger partial charge in [0, 0.05) is 18.8 Å². The molecule has 0 bridgehead atoms. The van der Waals surface area contributed by atoms with E-state index in [0.717, 1.165) is 5.56 Å². The molecule has 7 heteroatoms. The van der Waals surface area contributed by atoms with Gasteiger partial charge in [-0.05, 0) is 36.8 Å². The molecule has 0 saturated heterocycles. The number of amides is 3. The molecule has 0 saturated carbocycles. The summed E-state index contributed by atoms with van der Waals surface area (Å²) in [5, 5.41) is 11.4. The number of benzene rings is 3. The van der Waals surface area contributed by atoms with Gasteiger partial charge in [-0.25, -0.2) is 0 Å². The van der Waals surface area contributed by atoms with Gasteiger partial charge in [0.15, 0.2) is 0 Å². The number of carbonyl (C=O) groups is 3. The molecule has 3 aromatic carbocycles. The van der Waals surface area contributed by atoms with Gasteiger partial charge in [0.1, 0.15) is 0 Å². The highest BCUT2D eigenvalue weighted by Crippen LogP contribution is 2.17. The van der Waals surface area contributed by atoms with Crippen molar-refractivity contribution in [3.05, 3.63) is 95.6 Å². The molecule has 4 N–H and O–H groups in total. The van der Waals surface area contributed by atoms with Gasteiger partial charge < -0.3 is 21.3 Å². The third kappa shape index (κ3) is 6.18. The van der Waals surface area contributed by atoms with E-state index < -0.39 is 0 Å². The lowest BCUT2D eigenvalue weighted by molar-refractivity contribution is -0.114. The van der Waals surface area contributed by atoms with Gasteiger partial charge in [-0.15, -0.1) is 0 Å². The van der Waals surface area contributed by atoms with Gasteiger partial charge in [-0.3, -0.25) is 14.4 Å². The van der Waals surface area contributed by atoms with Crippen LogP contribution in [-0.2, 0) is 11.3 Å². The Labute approximate surface area is 187 Å². The Morgan fingerprint density at radius 3 is 1.94 bits per heavy atom. The van der Waals surface area contributed by atoms with Crippen LogP contribution in [0.15, 0.2) is 78.9 Å². The molecule has 0 aromatic heterocycles. The van der Waals surface area contributed by atoms with Crippen molar-refractivity contribution in [2.45, 2.75) is 13.5 Å². The van der Waals surface area contributed by atoms with Crippen molar-refractivity contribution < 1.29 is 14.4 Å². The Bertz CT molecular complexity index is 1080. The summed E-state index contributed by atoms with van der Waals surface area (Å²) in [5.41, 5.74) is 2.80. The lowest BCUT2D eigenvalue weighted by Gasteiger charge is -2.14. The maximum Gasteiger partial charge on any atom is 0.253 e. The van der Waals surface area contributed by atoms with E-state index in [1.807, 2.05) is 37.3 Å². The first-order valence-corrected chi connectivity index (χ1v) is 10.4. The third-order valence-electron chi connectivity index (χ3n) is 4.69. The van der Waals surface area contributed by atoms with E-state index in [2.05, 4.69) is 21.3 Å². The first kappa shape index (κ1) is 22.6. The van der Waals surface area contributed by atoms with Crippen LogP contribution in [0.3, 0.4) is 0 Å². The molecule has 0 spiro atoms. The molecule has 7 nitrogen and oxygen atoms in total. The van der Waals surface area contributed by atoms with Crippen molar-refractivity contribution in [1.82, 2.24) is 10.6 Å². The van der Waals surface area contributed by atoms with Crippen LogP contribution < -0.4 is 21.3 Å². The van der Waals surface area contributed by atoms with E-state index in [9.17, 15) is 14.4 Å². The smallest absolute Gasteiger partial charge is 0.253 e. The molecular weight excluding hydrogens is 404 g/mol. The number of carbonyl (C=O) groups excluding carboxylic acids is 3. The monoisotopic (exact) mass is 430 g/mol. The zero-order chi connectivity index (χ0) is 22.8. The SMILES string of the molecule is CCNC(=O)c1ccccc1NCC(=O)Nc1ccccc1C(=O)NCc1ccccc1. The molecule has 0 fully saturated rings. The largest absolute Gasteiger partial charge is 0.376 e. The number of nitrogens with one attached hydrogen (secondary N) is 4. The topological polar surface area (TPSA) is 99.3 Å². The zero-order valence-corrected chi connectivity index (χ0v) is 17.9. The lowest BCUT2D eigenvalue weighted by Crippen LogP contribution is -2.28. The molecule has 3 amide bonds. The van der Waals surface area contributed by atoms with Crippen LogP contribution in [0.2, 0.25) is 0 Å². The summed E-state index contributed by atoms with van der Waals surface area (Å²) in [6, 6.07) is 23.4. The van der Waals surface area contributed by atoms with Gasteiger partial charge in [0.05, 0.1) is 23.4 Å². The zero-order valence-electron chi connectivity index (χ0n) is 17.9. The summed E-state index contributed by atoms with van der Waals surface area (Å²) in [4.78, 5) is 37.4. The van der Waals surface area contributed by atoms with Gasteiger partial charge in [0.2, 0.25) is 5.91 Å². The molecule has 164 valence electrons. The summed E-state index contributed by atoms with van der Waals surface area (Å²) in [6.07, 6.45) is 0. The Balaban J connectivity index is 1.62. The number of anilines is 2. The van der Waals surface area contributed by atoms with E-state index in [1.54, 1.807) is 48.5 Å². The van der Waals surface area contributed by atoms with Crippen LogP contribution in [-0.4, -0.2) is 30.8 Å². The number of hydrogen-bond acceptors (Lipinski definition) is 4. The predicted octanol–water partition coefficient (Wildman–Crippen LogP) is 3.42. The van der Waals surface area contributed by atoms with Crippen LogP contribution in [0.4, 0.5) is 11.4 Å². The number of para-hydroxylation sites is 2. The maximum atomic E-state index is 12.7. The second kappa shape index (κ2) is 11.3. The molecule has 0 aliphatic heterocycles. The minimum absolute atomic E-state index is 0.0591. The fraction of sp³-hybridized carbons (Fsp3) is 0.160. The van der Waals surface area contributed by atoms with E-state index in [4.69, 9.17) is 0 Å². The molecule has 0 radical (unpaired) electrons. The van der Waals surface area contributed by atoms with Crippen molar-refractivity contribution in [3.8, 4) is 0 Å². The van der Waals surface area contributed by atoms with Crippen molar-refractivity contribution in [3.63, 3.8) is 0 Å². The molecule has 0 heterocycles. The highest BCUT2D eigenvalue weighted by atomic mass is 16.2. The van der Waals surface area contributed by atoms with Gasteiger partial charge in [0.25, 0.3) is 11.8 Å². The Morgan fingerprint density at radius 1 is 0.688 bits per heavy atom. The second-order valence-electron chi connectivity index (χ2n) is 7.02. The van der Waals surface area contributed by atoms with Crippen LogP contribution in [0.5, 0.6) is 0 Å². The predicted molar refractivity (Wildman–Crippen MR) is 126 cm³/mol. The van der Waals surface area contributed by atoms with Gasteiger partial charge in [-0.1, -0.05) is 54.6 Å². The summed E-state index contributed by atoms with van der Waals surface area (Å²) in [7, 11) is 0. The normalized spacial score (nSPS) is 10.2. The van der Waals surface area contributed by atoms with Crippen LogP contribution in [0.25, 0.3) is 0 Å². The summed E-state index contributed by atoms with van der Waals surface area (Å²) in [5.74, 6) is -0.824. The minimum Gasteiger partial charge on any atom is -0.376 e. The summed E-state index contributed by atoms with van der Waals surface area (Å²) >= 11 is 0. The van der Waals surface area contributed by atoms with Crippen molar-refractivity contribution in [2.75, 3.05) is 23.7 Å². The van der Waals surface area contributed by atoms with Crippen LogP contribution >= 0.6 is 0 Å². The van der Waals surface area contributed by atoms with Crippen molar-refractivity contribution in [1.29, 1.82) is 0 Å². The number of rotatable bonds is 9. The molecular formula is C25H26N4O3. The lowest BCUT2D eigenvalue weighted by atomic mass is 10.1. The first-order chi connectivity index (χ1) is 15.6.